The first kappa shape index (κ1) is 22.1. The summed E-state index contributed by atoms with van der Waals surface area (Å²) in [6, 6.07) is 24.1. The normalized spacial score (nSPS) is 16.2. The van der Waals surface area contributed by atoms with Gasteiger partial charge in [0.2, 0.25) is 0 Å². The standard InChI is InChI=1S/C27H27.2ClH.Zr/c1-4-19(3)23-17-22-15-16-25(21-12-7-6-8-13-21)27(26(22)18-23)24-14-10-9-11-20(24)5-2;;;/h6-19H,4-5H2,1-3H3;2*1H;/q;;;+2/p-2. The molecule has 30 heavy (non-hydrogen) atoms. The van der Waals surface area contributed by atoms with Gasteiger partial charge < -0.3 is 0 Å². The summed E-state index contributed by atoms with van der Waals surface area (Å²) in [5.74, 6) is 0.491. The van der Waals surface area contributed by atoms with Crippen molar-refractivity contribution in [2.75, 3.05) is 0 Å². The number of allylic oxidation sites excluding steroid dienone is 1. The predicted octanol–water partition coefficient (Wildman–Crippen LogP) is 8.99. The summed E-state index contributed by atoms with van der Waals surface area (Å²) in [6.45, 7) is 6.79. The molecule has 3 aromatic rings. The van der Waals surface area contributed by atoms with Crippen LogP contribution in [0.3, 0.4) is 0 Å². The van der Waals surface area contributed by atoms with Crippen LogP contribution in [0.4, 0.5) is 0 Å². The number of fused-ring (bicyclic) bond motifs is 1. The van der Waals surface area contributed by atoms with E-state index in [1.165, 1.54) is 44.5 Å². The summed E-state index contributed by atoms with van der Waals surface area (Å²) in [4.78, 5) is 0. The number of hydrogen-bond donors (Lipinski definition) is 0. The first-order chi connectivity index (χ1) is 14.6. The third-order valence-electron chi connectivity index (χ3n) is 6.39. The maximum absolute atomic E-state index is 6.74. The molecule has 0 heterocycles. The molecular formula is C27H27Cl2Zr. The van der Waals surface area contributed by atoms with Crippen molar-refractivity contribution in [3.8, 4) is 22.3 Å². The van der Waals surface area contributed by atoms with Crippen LogP contribution in [0.1, 0.15) is 47.5 Å². The Kier molecular flexibility index (Phi) is 7.03. The molecule has 0 bridgehead atoms. The SMILES string of the molecule is CCc1ccccc1-c1c(-c2ccccc2)ccc2c1C=C(C(C)CC)[CH]2[Zr]([Cl])[Cl]. The van der Waals surface area contributed by atoms with Crippen LogP contribution >= 0.6 is 17.0 Å². The summed E-state index contributed by atoms with van der Waals surface area (Å²) < 4.78 is 0.248. The van der Waals surface area contributed by atoms with Crippen LogP contribution in [0.25, 0.3) is 28.3 Å². The van der Waals surface area contributed by atoms with Crippen molar-refractivity contribution in [1.82, 2.24) is 0 Å². The van der Waals surface area contributed by atoms with E-state index in [0.29, 0.717) is 5.92 Å². The molecule has 0 radical (unpaired) electrons. The number of benzene rings is 3. The molecule has 0 aliphatic heterocycles. The fourth-order valence-electron chi connectivity index (χ4n) is 4.60. The van der Waals surface area contributed by atoms with E-state index in [1.54, 1.807) is 0 Å². The zero-order valence-electron chi connectivity index (χ0n) is 17.8. The van der Waals surface area contributed by atoms with E-state index in [4.69, 9.17) is 17.0 Å². The van der Waals surface area contributed by atoms with E-state index in [9.17, 15) is 0 Å². The molecule has 3 heteroatoms. The molecule has 1 aliphatic rings. The average molecular weight is 514 g/mol. The molecule has 153 valence electrons. The van der Waals surface area contributed by atoms with Gasteiger partial charge in [-0.2, -0.15) is 0 Å². The van der Waals surface area contributed by atoms with Crippen LogP contribution < -0.4 is 0 Å². The Morgan fingerprint density at radius 3 is 2.23 bits per heavy atom. The average Bonchev–Trinajstić information content (AvgIpc) is 3.18. The van der Waals surface area contributed by atoms with E-state index < -0.39 is 19.4 Å². The van der Waals surface area contributed by atoms with Crippen LogP contribution in [-0.4, -0.2) is 0 Å². The maximum atomic E-state index is 6.74. The molecule has 0 fully saturated rings. The van der Waals surface area contributed by atoms with Gasteiger partial charge in [0.25, 0.3) is 0 Å². The summed E-state index contributed by atoms with van der Waals surface area (Å²) in [5, 5.41) is 0. The fraction of sp³-hybridized carbons (Fsp3) is 0.259. The van der Waals surface area contributed by atoms with Gasteiger partial charge in [0, 0.05) is 0 Å². The van der Waals surface area contributed by atoms with Crippen molar-refractivity contribution in [1.29, 1.82) is 0 Å². The molecule has 3 aromatic carbocycles. The Morgan fingerprint density at radius 1 is 0.867 bits per heavy atom. The minimum atomic E-state index is -2.55. The summed E-state index contributed by atoms with van der Waals surface area (Å²) in [5.41, 5.74) is 10.7. The summed E-state index contributed by atoms with van der Waals surface area (Å²) in [6.07, 6.45) is 4.53. The van der Waals surface area contributed by atoms with E-state index in [1.807, 2.05) is 0 Å². The second kappa shape index (κ2) is 9.56. The van der Waals surface area contributed by atoms with Crippen molar-refractivity contribution in [2.24, 2.45) is 5.92 Å². The first-order valence-corrected chi connectivity index (χ1v) is 18.5. The Morgan fingerprint density at radius 2 is 1.57 bits per heavy atom. The van der Waals surface area contributed by atoms with Crippen molar-refractivity contribution >= 4 is 23.1 Å². The predicted molar refractivity (Wildman–Crippen MR) is 129 cm³/mol. The van der Waals surface area contributed by atoms with Crippen LogP contribution in [0.15, 0.2) is 72.3 Å². The molecule has 0 nitrogen and oxygen atoms in total. The topological polar surface area (TPSA) is 0 Å². The van der Waals surface area contributed by atoms with Crippen molar-refractivity contribution < 1.29 is 19.4 Å². The Bertz CT molecular complexity index is 1070. The summed E-state index contributed by atoms with van der Waals surface area (Å²) in [7, 11) is 13.5. The zero-order valence-corrected chi connectivity index (χ0v) is 21.7. The van der Waals surface area contributed by atoms with Crippen LogP contribution in [-0.2, 0) is 25.8 Å². The van der Waals surface area contributed by atoms with Gasteiger partial charge >= 0.3 is 197 Å². The quantitative estimate of drug-likeness (QED) is 0.309. The molecule has 0 spiro atoms. The van der Waals surface area contributed by atoms with Gasteiger partial charge in [0.1, 0.15) is 0 Å². The van der Waals surface area contributed by atoms with Crippen LogP contribution in [0.2, 0.25) is 0 Å². The second-order valence-corrected chi connectivity index (χ2v) is 16.8. The van der Waals surface area contributed by atoms with E-state index in [0.717, 1.165) is 12.8 Å². The Balaban J connectivity index is 2.05. The van der Waals surface area contributed by atoms with Gasteiger partial charge in [0.15, 0.2) is 0 Å². The van der Waals surface area contributed by atoms with Gasteiger partial charge in [-0.3, -0.25) is 0 Å². The number of halogens is 2. The molecule has 0 saturated carbocycles. The number of rotatable bonds is 6. The monoisotopic (exact) mass is 511 g/mol. The number of hydrogen-bond acceptors (Lipinski definition) is 0. The van der Waals surface area contributed by atoms with Crippen LogP contribution in [0.5, 0.6) is 0 Å². The Hall–Kier alpha value is -1.14. The van der Waals surface area contributed by atoms with Gasteiger partial charge in [-0.15, -0.1) is 0 Å². The van der Waals surface area contributed by atoms with Gasteiger partial charge in [-0.05, 0) is 0 Å². The zero-order chi connectivity index (χ0) is 21.3. The van der Waals surface area contributed by atoms with Gasteiger partial charge in [-0.1, -0.05) is 0 Å². The molecular weight excluding hydrogens is 486 g/mol. The van der Waals surface area contributed by atoms with Crippen molar-refractivity contribution in [2.45, 2.75) is 37.2 Å². The molecule has 2 unspecified atom stereocenters. The van der Waals surface area contributed by atoms with Crippen molar-refractivity contribution in [3.05, 3.63) is 89.0 Å². The van der Waals surface area contributed by atoms with Gasteiger partial charge in [0.05, 0.1) is 0 Å². The molecule has 1 aliphatic carbocycles. The number of aryl methyl sites for hydroxylation is 1. The van der Waals surface area contributed by atoms with E-state index >= 15 is 0 Å². The Labute approximate surface area is 195 Å². The van der Waals surface area contributed by atoms with Gasteiger partial charge in [-0.25, -0.2) is 0 Å². The third-order valence-corrected chi connectivity index (χ3v) is 11.6. The molecule has 0 N–H and O–H groups in total. The molecule has 0 aromatic heterocycles. The second-order valence-electron chi connectivity index (χ2n) is 8.04. The van der Waals surface area contributed by atoms with Crippen LogP contribution in [0, 0.1) is 5.92 Å². The van der Waals surface area contributed by atoms with E-state index in [-0.39, 0.29) is 3.63 Å². The first-order valence-electron chi connectivity index (χ1n) is 10.8. The van der Waals surface area contributed by atoms with E-state index in [2.05, 4.69) is 93.6 Å². The fourth-order valence-corrected chi connectivity index (χ4v) is 10.2. The molecule has 2 atom stereocenters. The molecule has 0 saturated heterocycles. The molecule has 4 rings (SSSR count). The van der Waals surface area contributed by atoms with Crippen molar-refractivity contribution in [3.63, 3.8) is 0 Å². The molecule has 0 amide bonds. The minimum absolute atomic E-state index is 0.248. The third kappa shape index (κ3) is 4.02. The summed E-state index contributed by atoms with van der Waals surface area (Å²) >= 11 is -2.55.